The molecule has 0 radical (unpaired) electrons. The van der Waals surface area contributed by atoms with Crippen molar-refractivity contribution < 1.29 is 9.84 Å². The summed E-state index contributed by atoms with van der Waals surface area (Å²) in [4.78, 5) is 4.52. The van der Waals surface area contributed by atoms with Crippen molar-refractivity contribution in [1.29, 1.82) is 0 Å². The van der Waals surface area contributed by atoms with Gasteiger partial charge in [-0.05, 0) is 18.6 Å². The van der Waals surface area contributed by atoms with Gasteiger partial charge in [0.05, 0.1) is 17.1 Å². The van der Waals surface area contributed by atoms with Crippen molar-refractivity contribution in [3.8, 4) is 0 Å². The van der Waals surface area contributed by atoms with E-state index in [1.54, 1.807) is 7.11 Å². The summed E-state index contributed by atoms with van der Waals surface area (Å²) in [7, 11) is 3.62. The molecule has 1 N–H and O–H groups in total. The third-order valence-corrected chi connectivity index (χ3v) is 2.95. The van der Waals surface area contributed by atoms with Gasteiger partial charge in [-0.15, -0.1) is 0 Å². The highest BCUT2D eigenvalue weighted by atomic mass is 16.5. The van der Waals surface area contributed by atoms with E-state index in [0.29, 0.717) is 19.4 Å². The molecule has 2 aromatic rings. The molecule has 0 bridgehead atoms. The topological polar surface area (TPSA) is 47.3 Å². The fourth-order valence-electron chi connectivity index (χ4n) is 1.94. The van der Waals surface area contributed by atoms with Crippen LogP contribution in [-0.4, -0.2) is 34.5 Å². The zero-order valence-corrected chi connectivity index (χ0v) is 10.3. The Morgan fingerprint density at radius 3 is 2.88 bits per heavy atom. The second-order valence-corrected chi connectivity index (χ2v) is 4.22. The number of rotatable bonds is 5. The predicted molar refractivity (Wildman–Crippen MR) is 66.9 cm³/mol. The summed E-state index contributed by atoms with van der Waals surface area (Å²) in [6.45, 7) is 0.575. The number of hydrogen-bond donors (Lipinski definition) is 1. The minimum Gasteiger partial charge on any atom is -0.393 e. The highest BCUT2D eigenvalue weighted by Crippen LogP contribution is 2.15. The Kier molecular flexibility index (Phi) is 3.76. The average Bonchev–Trinajstić information content (AvgIpc) is 2.64. The summed E-state index contributed by atoms with van der Waals surface area (Å²) >= 11 is 0. The SMILES string of the molecule is COCCC(O)Cc1nc2ccccc2n1C. The number of para-hydroxylation sites is 2. The quantitative estimate of drug-likeness (QED) is 0.853. The van der Waals surface area contributed by atoms with Crippen molar-refractivity contribution in [2.75, 3.05) is 13.7 Å². The number of aryl methyl sites for hydroxylation is 1. The first kappa shape index (κ1) is 12.1. The molecule has 1 aromatic heterocycles. The summed E-state index contributed by atoms with van der Waals surface area (Å²) in [5.74, 6) is 0.912. The van der Waals surface area contributed by atoms with E-state index >= 15 is 0 Å². The van der Waals surface area contributed by atoms with Crippen molar-refractivity contribution >= 4 is 11.0 Å². The van der Waals surface area contributed by atoms with E-state index in [0.717, 1.165) is 16.9 Å². The van der Waals surface area contributed by atoms with Crippen molar-refractivity contribution in [1.82, 2.24) is 9.55 Å². The van der Waals surface area contributed by atoms with Gasteiger partial charge in [0, 0.05) is 27.2 Å². The highest BCUT2D eigenvalue weighted by molar-refractivity contribution is 5.75. The predicted octanol–water partition coefficient (Wildman–Crippen LogP) is 1.51. The molecule has 0 aliphatic heterocycles. The number of benzene rings is 1. The molecule has 0 aliphatic rings. The smallest absolute Gasteiger partial charge is 0.112 e. The van der Waals surface area contributed by atoms with Crippen molar-refractivity contribution in [3.05, 3.63) is 30.1 Å². The Balaban J connectivity index is 2.16. The molecule has 4 heteroatoms. The zero-order valence-electron chi connectivity index (χ0n) is 10.3. The lowest BCUT2D eigenvalue weighted by atomic mass is 10.2. The van der Waals surface area contributed by atoms with Gasteiger partial charge in [0.1, 0.15) is 5.82 Å². The van der Waals surface area contributed by atoms with Crippen LogP contribution < -0.4 is 0 Å². The number of ether oxygens (including phenoxy) is 1. The van der Waals surface area contributed by atoms with Crippen LogP contribution in [0.5, 0.6) is 0 Å². The van der Waals surface area contributed by atoms with Crippen LogP contribution in [0.1, 0.15) is 12.2 Å². The molecule has 4 nitrogen and oxygen atoms in total. The largest absolute Gasteiger partial charge is 0.393 e. The maximum absolute atomic E-state index is 9.85. The minimum atomic E-state index is -0.398. The van der Waals surface area contributed by atoms with E-state index in [4.69, 9.17) is 4.74 Å². The van der Waals surface area contributed by atoms with Gasteiger partial charge >= 0.3 is 0 Å². The second kappa shape index (κ2) is 5.29. The fourth-order valence-corrected chi connectivity index (χ4v) is 1.94. The summed E-state index contributed by atoms with van der Waals surface area (Å²) in [6.07, 6.45) is 0.805. The lowest BCUT2D eigenvalue weighted by molar-refractivity contribution is 0.108. The number of nitrogens with zero attached hydrogens (tertiary/aromatic N) is 2. The second-order valence-electron chi connectivity index (χ2n) is 4.22. The van der Waals surface area contributed by atoms with Crippen LogP contribution in [0, 0.1) is 0 Å². The van der Waals surface area contributed by atoms with Crippen LogP contribution in [0.15, 0.2) is 24.3 Å². The zero-order chi connectivity index (χ0) is 12.3. The first-order valence-electron chi connectivity index (χ1n) is 5.79. The molecule has 0 aliphatic carbocycles. The van der Waals surface area contributed by atoms with Crippen molar-refractivity contribution in [3.63, 3.8) is 0 Å². The molecule has 0 amide bonds. The number of imidazole rings is 1. The van der Waals surface area contributed by atoms with Gasteiger partial charge in [-0.1, -0.05) is 12.1 Å². The van der Waals surface area contributed by atoms with Gasteiger partial charge in [0.15, 0.2) is 0 Å². The van der Waals surface area contributed by atoms with E-state index in [1.165, 1.54) is 0 Å². The van der Waals surface area contributed by atoms with Gasteiger partial charge in [-0.3, -0.25) is 0 Å². The van der Waals surface area contributed by atoms with E-state index in [1.807, 2.05) is 35.9 Å². The van der Waals surface area contributed by atoms with Crippen LogP contribution in [0.4, 0.5) is 0 Å². The number of fused-ring (bicyclic) bond motifs is 1. The van der Waals surface area contributed by atoms with Gasteiger partial charge in [0.25, 0.3) is 0 Å². The van der Waals surface area contributed by atoms with Gasteiger partial charge in [0.2, 0.25) is 0 Å². The van der Waals surface area contributed by atoms with Crippen LogP contribution in [0.25, 0.3) is 11.0 Å². The average molecular weight is 234 g/mol. The Bertz CT molecular complexity index is 493. The lowest BCUT2D eigenvalue weighted by Crippen LogP contribution is -2.15. The summed E-state index contributed by atoms with van der Waals surface area (Å²) in [6, 6.07) is 7.99. The summed E-state index contributed by atoms with van der Waals surface area (Å²) in [5, 5.41) is 9.85. The molecule has 0 spiro atoms. The molecule has 92 valence electrons. The molecule has 0 saturated carbocycles. The van der Waals surface area contributed by atoms with Gasteiger partial charge in [-0.2, -0.15) is 0 Å². The lowest BCUT2D eigenvalue weighted by Gasteiger charge is -2.09. The Hall–Kier alpha value is -1.39. The van der Waals surface area contributed by atoms with Crippen LogP contribution >= 0.6 is 0 Å². The summed E-state index contributed by atoms with van der Waals surface area (Å²) in [5.41, 5.74) is 2.07. The molecular weight excluding hydrogens is 216 g/mol. The Labute approximate surface area is 101 Å². The fraction of sp³-hybridized carbons (Fsp3) is 0.462. The van der Waals surface area contributed by atoms with E-state index in [2.05, 4.69) is 4.98 Å². The van der Waals surface area contributed by atoms with E-state index in [9.17, 15) is 5.11 Å². The summed E-state index contributed by atoms with van der Waals surface area (Å²) < 4.78 is 6.99. The maximum atomic E-state index is 9.85. The number of aliphatic hydroxyl groups excluding tert-OH is 1. The molecule has 0 fully saturated rings. The Morgan fingerprint density at radius 1 is 1.41 bits per heavy atom. The maximum Gasteiger partial charge on any atom is 0.112 e. The molecule has 17 heavy (non-hydrogen) atoms. The third kappa shape index (κ3) is 2.65. The van der Waals surface area contributed by atoms with Crippen LogP contribution in [0.3, 0.4) is 0 Å². The number of methoxy groups -OCH3 is 1. The molecule has 2 rings (SSSR count). The van der Waals surface area contributed by atoms with Gasteiger partial charge < -0.3 is 14.4 Å². The normalized spacial score (nSPS) is 13.1. The van der Waals surface area contributed by atoms with Crippen molar-refractivity contribution in [2.45, 2.75) is 18.9 Å². The third-order valence-electron chi connectivity index (χ3n) is 2.95. The van der Waals surface area contributed by atoms with Crippen LogP contribution in [-0.2, 0) is 18.2 Å². The molecule has 1 atom stereocenters. The first-order chi connectivity index (χ1) is 8.22. The number of aliphatic hydroxyl groups is 1. The minimum absolute atomic E-state index is 0.398. The number of hydrogen-bond acceptors (Lipinski definition) is 3. The number of aromatic nitrogens is 2. The molecule has 0 saturated heterocycles. The molecule has 1 heterocycles. The standard InChI is InChI=1S/C13H18N2O2/c1-15-12-6-4-3-5-11(12)14-13(15)9-10(16)7-8-17-2/h3-6,10,16H,7-9H2,1-2H3. The molecular formula is C13H18N2O2. The van der Waals surface area contributed by atoms with Gasteiger partial charge in [-0.25, -0.2) is 4.98 Å². The Morgan fingerprint density at radius 2 is 2.18 bits per heavy atom. The van der Waals surface area contributed by atoms with Crippen molar-refractivity contribution in [2.24, 2.45) is 7.05 Å². The highest BCUT2D eigenvalue weighted by Gasteiger charge is 2.11. The molecule has 1 unspecified atom stereocenters. The molecule has 1 aromatic carbocycles. The van der Waals surface area contributed by atoms with Crippen LogP contribution in [0.2, 0.25) is 0 Å². The van der Waals surface area contributed by atoms with E-state index in [-0.39, 0.29) is 0 Å². The van der Waals surface area contributed by atoms with E-state index < -0.39 is 6.10 Å². The monoisotopic (exact) mass is 234 g/mol. The first-order valence-corrected chi connectivity index (χ1v) is 5.79.